The van der Waals surface area contributed by atoms with Crippen molar-refractivity contribution >= 4 is 50.2 Å². The summed E-state index contributed by atoms with van der Waals surface area (Å²) in [7, 11) is 1.80. The molecular weight excluding hydrogens is 360 g/mol. The normalized spacial score (nSPS) is 10.7. The Balaban J connectivity index is 1.78. The molecule has 0 fully saturated rings. The molecule has 3 aromatic rings. The van der Waals surface area contributed by atoms with Gasteiger partial charge in [-0.2, -0.15) is 5.10 Å². The molecule has 0 aliphatic heterocycles. The minimum absolute atomic E-state index is 0.226. The second kappa shape index (κ2) is 5.47. The average molecular weight is 369 g/mol. The molecule has 102 valence electrons. The maximum Gasteiger partial charge on any atom is 0.275 e. The SMILES string of the molecule is Cn1cc(NC(=O)c2csc(-c3cc(Br)cs3)n2)cn1. The first-order valence-corrected chi connectivity index (χ1v) is 8.17. The molecule has 0 radical (unpaired) electrons. The van der Waals surface area contributed by atoms with E-state index in [0.29, 0.717) is 11.4 Å². The van der Waals surface area contributed by atoms with Gasteiger partial charge in [-0.05, 0) is 22.0 Å². The number of anilines is 1. The van der Waals surface area contributed by atoms with Crippen LogP contribution in [0.25, 0.3) is 9.88 Å². The lowest BCUT2D eigenvalue weighted by Crippen LogP contribution is -2.11. The van der Waals surface area contributed by atoms with Crippen molar-refractivity contribution in [1.82, 2.24) is 14.8 Å². The van der Waals surface area contributed by atoms with Gasteiger partial charge in [-0.3, -0.25) is 9.48 Å². The molecular formula is C12H9BrN4OS2. The summed E-state index contributed by atoms with van der Waals surface area (Å²) in [6.07, 6.45) is 3.34. The van der Waals surface area contributed by atoms with E-state index in [4.69, 9.17) is 0 Å². The Bertz CT molecular complexity index is 761. The lowest BCUT2D eigenvalue weighted by Gasteiger charge is -1.97. The van der Waals surface area contributed by atoms with Gasteiger partial charge in [-0.15, -0.1) is 22.7 Å². The van der Waals surface area contributed by atoms with Crippen molar-refractivity contribution in [2.75, 3.05) is 5.32 Å². The van der Waals surface area contributed by atoms with E-state index < -0.39 is 0 Å². The second-order valence-corrected chi connectivity index (χ2v) is 6.71. The summed E-state index contributed by atoms with van der Waals surface area (Å²) in [4.78, 5) is 17.5. The molecule has 8 heteroatoms. The van der Waals surface area contributed by atoms with Crippen molar-refractivity contribution in [3.63, 3.8) is 0 Å². The number of carbonyl (C=O) groups is 1. The number of hydrogen-bond acceptors (Lipinski definition) is 5. The fraction of sp³-hybridized carbons (Fsp3) is 0.0833. The highest BCUT2D eigenvalue weighted by atomic mass is 79.9. The first-order valence-electron chi connectivity index (χ1n) is 5.62. The molecule has 3 heterocycles. The van der Waals surface area contributed by atoms with Crippen molar-refractivity contribution in [3.8, 4) is 9.88 Å². The largest absolute Gasteiger partial charge is 0.318 e. The van der Waals surface area contributed by atoms with Crippen LogP contribution in [-0.2, 0) is 7.05 Å². The Hall–Kier alpha value is -1.51. The molecule has 0 spiro atoms. The van der Waals surface area contributed by atoms with Gasteiger partial charge in [-0.1, -0.05) is 0 Å². The highest BCUT2D eigenvalue weighted by molar-refractivity contribution is 9.10. The molecule has 20 heavy (non-hydrogen) atoms. The zero-order valence-electron chi connectivity index (χ0n) is 10.3. The molecule has 0 aromatic carbocycles. The number of nitrogens with one attached hydrogen (secondary N) is 1. The number of halogens is 1. The molecule has 0 aliphatic carbocycles. The van der Waals surface area contributed by atoms with E-state index in [9.17, 15) is 4.79 Å². The van der Waals surface area contributed by atoms with E-state index in [1.165, 1.54) is 11.3 Å². The third-order valence-electron chi connectivity index (χ3n) is 2.48. The second-order valence-electron chi connectivity index (χ2n) is 4.02. The average Bonchev–Trinajstić information content (AvgIpc) is 3.10. The predicted molar refractivity (Wildman–Crippen MR) is 84.3 cm³/mol. The molecule has 1 N–H and O–H groups in total. The first kappa shape index (κ1) is 13.5. The van der Waals surface area contributed by atoms with Crippen molar-refractivity contribution in [1.29, 1.82) is 0 Å². The van der Waals surface area contributed by atoms with Gasteiger partial charge in [0.2, 0.25) is 0 Å². The quantitative estimate of drug-likeness (QED) is 0.767. The van der Waals surface area contributed by atoms with Crippen LogP contribution in [0.4, 0.5) is 5.69 Å². The van der Waals surface area contributed by atoms with Crippen LogP contribution in [0.15, 0.2) is 33.7 Å². The molecule has 0 bridgehead atoms. The number of nitrogens with zero attached hydrogens (tertiary/aromatic N) is 3. The summed E-state index contributed by atoms with van der Waals surface area (Å²) in [5.41, 5.74) is 1.07. The number of aryl methyl sites for hydroxylation is 1. The van der Waals surface area contributed by atoms with Crippen molar-refractivity contribution < 1.29 is 4.79 Å². The van der Waals surface area contributed by atoms with Gasteiger partial charge in [0.15, 0.2) is 0 Å². The highest BCUT2D eigenvalue weighted by Gasteiger charge is 2.13. The summed E-state index contributed by atoms with van der Waals surface area (Å²) in [6.45, 7) is 0. The molecule has 0 aliphatic rings. The molecule has 0 saturated heterocycles. The Kier molecular flexibility index (Phi) is 3.68. The van der Waals surface area contributed by atoms with E-state index >= 15 is 0 Å². The summed E-state index contributed by atoms with van der Waals surface area (Å²) < 4.78 is 2.65. The maximum atomic E-state index is 12.1. The van der Waals surface area contributed by atoms with E-state index in [2.05, 4.69) is 31.3 Å². The zero-order chi connectivity index (χ0) is 14.1. The van der Waals surface area contributed by atoms with Gasteiger partial charge in [0.05, 0.1) is 16.8 Å². The van der Waals surface area contributed by atoms with Gasteiger partial charge < -0.3 is 5.32 Å². The molecule has 0 saturated carbocycles. The fourth-order valence-electron chi connectivity index (χ4n) is 1.60. The highest BCUT2D eigenvalue weighted by Crippen LogP contribution is 2.32. The van der Waals surface area contributed by atoms with Crippen LogP contribution in [-0.4, -0.2) is 20.7 Å². The number of aromatic nitrogens is 3. The van der Waals surface area contributed by atoms with Gasteiger partial charge in [0.1, 0.15) is 10.7 Å². The van der Waals surface area contributed by atoms with Crippen LogP contribution in [0.3, 0.4) is 0 Å². The minimum atomic E-state index is -0.226. The molecule has 5 nitrogen and oxygen atoms in total. The topological polar surface area (TPSA) is 59.8 Å². The fourth-order valence-corrected chi connectivity index (χ4v) is 3.90. The number of thiophene rings is 1. The number of carbonyl (C=O) groups excluding carboxylic acids is 1. The van der Waals surface area contributed by atoms with E-state index in [0.717, 1.165) is 14.4 Å². The minimum Gasteiger partial charge on any atom is -0.318 e. The van der Waals surface area contributed by atoms with Crippen molar-refractivity contribution in [2.24, 2.45) is 7.05 Å². The van der Waals surface area contributed by atoms with Crippen LogP contribution in [0.5, 0.6) is 0 Å². The van der Waals surface area contributed by atoms with Crippen LogP contribution < -0.4 is 5.32 Å². The van der Waals surface area contributed by atoms with Crippen LogP contribution in [0, 0.1) is 0 Å². The molecule has 0 unspecified atom stereocenters. The van der Waals surface area contributed by atoms with Gasteiger partial charge in [0, 0.05) is 28.5 Å². The Morgan fingerprint density at radius 3 is 2.90 bits per heavy atom. The van der Waals surface area contributed by atoms with E-state index in [1.54, 1.807) is 40.8 Å². The smallest absolute Gasteiger partial charge is 0.275 e. The third-order valence-corrected chi connectivity index (χ3v) is 5.18. The summed E-state index contributed by atoms with van der Waals surface area (Å²) in [5.74, 6) is -0.226. The van der Waals surface area contributed by atoms with Crippen LogP contribution in [0.2, 0.25) is 0 Å². The predicted octanol–water partition coefficient (Wildman–Crippen LogP) is 3.62. The van der Waals surface area contributed by atoms with Crippen molar-refractivity contribution in [2.45, 2.75) is 0 Å². The monoisotopic (exact) mass is 368 g/mol. The summed E-state index contributed by atoms with van der Waals surface area (Å²) in [6, 6.07) is 1.99. The van der Waals surface area contributed by atoms with Crippen LogP contribution in [0.1, 0.15) is 10.5 Å². The number of rotatable bonds is 3. The van der Waals surface area contributed by atoms with E-state index in [1.807, 2.05) is 11.4 Å². The van der Waals surface area contributed by atoms with Gasteiger partial charge >= 0.3 is 0 Å². The van der Waals surface area contributed by atoms with E-state index in [-0.39, 0.29) is 5.91 Å². The van der Waals surface area contributed by atoms with Gasteiger partial charge in [0.25, 0.3) is 5.91 Å². The lowest BCUT2D eigenvalue weighted by atomic mass is 10.4. The zero-order valence-corrected chi connectivity index (χ0v) is 13.6. The molecule has 1 amide bonds. The lowest BCUT2D eigenvalue weighted by molar-refractivity contribution is 0.102. The Labute approximate surface area is 131 Å². The van der Waals surface area contributed by atoms with Crippen LogP contribution >= 0.6 is 38.6 Å². The number of amides is 1. The standard InChI is InChI=1S/C12H9BrN4OS2/c1-17-4-8(3-14-17)15-11(18)9-6-20-12(16-9)10-2-7(13)5-19-10/h2-6H,1H3,(H,15,18). The third kappa shape index (κ3) is 2.82. The molecule has 3 rings (SSSR count). The molecule has 3 aromatic heterocycles. The first-order chi connectivity index (χ1) is 9.61. The number of hydrogen-bond donors (Lipinski definition) is 1. The number of thiazole rings is 1. The Morgan fingerprint density at radius 2 is 2.25 bits per heavy atom. The van der Waals surface area contributed by atoms with Gasteiger partial charge in [-0.25, -0.2) is 4.98 Å². The summed E-state index contributed by atoms with van der Waals surface area (Å²) >= 11 is 6.46. The Morgan fingerprint density at radius 1 is 1.40 bits per heavy atom. The molecule has 0 atom stereocenters. The maximum absolute atomic E-state index is 12.1. The summed E-state index contributed by atoms with van der Waals surface area (Å²) in [5, 5.41) is 11.4. The van der Waals surface area contributed by atoms with Crippen molar-refractivity contribution in [3.05, 3.63) is 39.4 Å².